The quantitative estimate of drug-likeness (QED) is 0.577. The van der Waals surface area contributed by atoms with Gasteiger partial charge in [0, 0.05) is 44.5 Å². The van der Waals surface area contributed by atoms with Gasteiger partial charge in [0.05, 0.1) is 29.5 Å². The molecular formula is C24H31ClN8O. The number of imidazole rings is 1. The highest BCUT2D eigenvalue weighted by Crippen LogP contribution is 2.32. The van der Waals surface area contributed by atoms with E-state index in [-0.39, 0.29) is 17.9 Å². The summed E-state index contributed by atoms with van der Waals surface area (Å²) in [5, 5.41) is 7.19. The lowest BCUT2D eigenvalue weighted by Crippen LogP contribution is -2.57. The van der Waals surface area contributed by atoms with Gasteiger partial charge in [-0.25, -0.2) is 9.97 Å². The summed E-state index contributed by atoms with van der Waals surface area (Å²) in [6, 6.07) is 6.49. The van der Waals surface area contributed by atoms with Crippen molar-refractivity contribution in [2.75, 3.05) is 36.0 Å². The number of fused-ring (bicyclic) bond motifs is 1. The monoisotopic (exact) mass is 482 g/mol. The number of aromatic nitrogens is 4. The molecule has 1 amide bonds. The summed E-state index contributed by atoms with van der Waals surface area (Å²) < 4.78 is 2.01. The molecule has 2 N–H and O–H groups in total. The summed E-state index contributed by atoms with van der Waals surface area (Å²) in [6.45, 7) is 11.2. The molecule has 0 bridgehead atoms. The summed E-state index contributed by atoms with van der Waals surface area (Å²) in [6.07, 6.45) is 5.45. The Hall–Kier alpha value is -2.91. The molecule has 180 valence electrons. The Morgan fingerprint density at radius 2 is 2.00 bits per heavy atom. The first-order valence-corrected chi connectivity index (χ1v) is 12.1. The van der Waals surface area contributed by atoms with Crippen molar-refractivity contribution in [3.63, 3.8) is 0 Å². The number of anilines is 2. The highest BCUT2D eigenvalue weighted by molar-refractivity contribution is 6.32. The van der Waals surface area contributed by atoms with Gasteiger partial charge in [-0.1, -0.05) is 17.7 Å². The fourth-order valence-corrected chi connectivity index (χ4v) is 4.95. The number of pyridine rings is 1. The zero-order valence-corrected chi connectivity index (χ0v) is 20.8. The molecule has 2 atom stereocenters. The van der Waals surface area contributed by atoms with Gasteiger partial charge in [-0.3, -0.25) is 4.79 Å². The zero-order chi connectivity index (χ0) is 24.0. The van der Waals surface area contributed by atoms with E-state index >= 15 is 0 Å². The van der Waals surface area contributed by atoms with Gasteiger partial charge in [-0.05, 0) is 39.8 Å². The van der Waals surface area contributed by atoms with Gasteiger partial charge >= 0.3 is 0 Å². The first-order chi connectivity index (χ1) is 16.2. The highest BCUT2D eigenvalue weighted by atomic mass is 35.5. The summed E-state index contributed by atoms with van der Waals surface area (Å²) in [5.41, 5.74) is 1.24. The van der Waals surface area contributed by atoms with E-state index in [2.05, 4.69) is 44.2 Å². The highest BCUT2D eigenvalue weighted by Gasteiger charge is 2.38. The number of nitrogens with one attached hydrogen (secondary N) is 2. The van der Waals surface area contributed by atoms with Crippen LogP contribution in [0.4, 0.5) is 11.8 Å². The van der Waals surface area contributed by atoms with Crippen molar-refractivity contribution in [2.24, 2.45) is 5.92 Å². The molecule has 0 radical (unpaired) electrons. The number of halogens is 1. The van der Waals surface area contributed by atoms with Gasteiger partial charge < -0.3 is 24.8 Å². The van der Waals surface area contributed by atoms with Crippen LogP contribution in [0, 0.1) is 5.92 Å². The Morgan fingerprint density at radius 1 is 1.21 bits per heavy atom. The topological polar surface area (TPSA) is 90.7 Å². The summed E-state index contributed by atoms with van der Waals surface area (Å²) in [7, 11) is 0. The van der Waals surface area contributed by atoms with Crippen LogP contribution in [0.1, 0.15) is 33.4 Å². The van der Waals surface area contributed by atoms with E-state index in [1.54, 1.807) is 6.20 Å². The second kappa shape index (κ2) is 8.70. The Bertz CT molecular complexity index is 1200. The van der Waals surface area contributed by atoms with Crippen LogP contribution in [0.15, 0.2) is 36.8 Å². The third kappa shape index (κ3) is 4.07. The molecule has 2 fully saturated rings. The molecule has 10 heteroatoms. The largest absolute Gasteiger partial charge is 0.353 e. The molecule has 2 aliphatic rings. The Kier molecular flexibility index (Phi) is 5.85. The second-order valence-corrected chi connectivity index (χ2v) is 10.2. The maximum absolute atomic E-state index is 13.1. The van der Waals surface area contributed by atoms with Crippen molar-refractivity contribution in [2.45, 2.75) is 45.3 Å². The molecule has 2 saturated heterocycles. The fourth-order valence-electron chi connectivity index (χ4n) is 4.73. The van der Waals surface area contributed by atoms with Crippen LogP contribution in [0.25, 0.3) is 5.65 Å². The lowest BCUT2D eigenvalue weighted by atomic mass is 9.95. The smallest absolute Gasteiger partial charge is 0.227 e. The molecule has 0 aliphatic carbocycles. The van der Waals surface area contributed by atoms with Gasteiger partial charge in [-0.2, -0.15) is 4.98 Å². The molecule has 3 aromatic heterocycles. The molecule has 0 aromatic carbocycles. The molecule has 0 spiro atoms. The van der Waals surface area contributed by atoms with Crippen molar-refractivity contribution in [3.8, 4) is 0 Å². The maximum atomic E-state index is 13.1. The van der Waals surface area contributed by atoms with E-state index in [1.807, 2.05) is 48.8 Å². The number of hydrogen-bond donors (Lipinski definition) is 2. The van der Waals surface area contributed by atoms with E-state index in [0.717, 1.165) is 24.4 Å². The minimum absolute atomic E-state index is 0.0158. The Labute approximate surface area is 204 Å². The number of rotatable bonds is 5. The van der Waals surface area contributed by atoms with Crippen LogP contribution >= 0.6 is 11.6 Å². The summed E-state index contributed by atoms with van der Waals surface area (Å²) in [5.74, 6) is 1.25. The minimum atomic E-state index is -0.562. The molecular weight excluding hydrogens is 452 g/mol. The van der Waals surface area contributed by atoms with Crippen LogP contribution in [-0.2, 0) is 10.3 Å². The molecule has 5 heterocycles. The number of hydrogen-bond acceptors (Lipinski definition) is 7. The van der Waals surface area contributed by atoms with E-state index < -0.39 is 5.54 Å². The normalized spacial score (nSPS) is 21.6. The van der Waals surface area contributed by atoms with Crippen molar-refractivity contribution in [1.29, 1.82) is 0 Å². The minimum Gasteiger partial charge on any atom is -0.353 e. The average Bonchev–Trinajstić information content (AvgIpc) is 3.21. The van der Waals surface area contributed by atoms with Gasteiger partial charge in [0.15, 0.2) is 5.82 Å². The molecule has 34 heavy (non-hydrogen) atoms. The summed E-state index contributed by atoms with van der Waals surface area (Å²) in [4.78, 5) is 31.1. The predicted octanol–water partition coefficient (Wildman–Crippen LogP) is 2.45. The number of amides is 1. The SMILES string of the molecule is C[C@H]1NCCN(c2ncc(Cl)c(N3CC(C(=O)NC(C)(C)c4cnc5ccccn45)C3)n2)[C@H]1C. The average molecular weight is 483 g/mol. The van der Waals surface area contributed by atoms with Crippen LogP contribution in [0.3, 0.4) is 0 Å². The lowest BCUT2D eigenvalue weighted by Gasteiger charge is -2.42. The van der Waals surface area contributed by atoms with E-state index in [1.165, 1.54) is 0 Å². The Balaban J connectivity index is 1.26. The molecule has 0 unspecified atom stereocenters. The van der Waals surface area contributed by atoms with Crippen LogP contribution in [0.5, 0.6) is 0 Å². The van der Waals surface area contributed by atoms with Crippen molar-refractivity contribution in [3.05, 3.63) is 47.5 Å². The van der Waals surface area contributed by atoms with Gasteiger partial charge in [-0.15, -0.1) is 0 Å². The third-order valence-corrected chi connectivity index (χ3v) is 7.32. The van der Waals surface area contributed by atoms with Crippen molar-refractivity contribution < 1.29 is 4.79 Å². The van der Waals surface area contributed by atoms with E-state index in [4.69, 9.17) is 16.6 Å². The maximum Gasteiger partial charge on any atom is 0.227 e. The molecule has 2 aliphatic heterocycles. The first-order valence-electron chi connectivity index (χ1n) is 11.8. The number of carbonyl (C=O) groups excluding carboxylic acids is 1. The van der Waals surface area contributed by atoms with Gasteiger partial charge in [0.2, 0.25) is 11.9 Å². The van der Waals surface area contributed by atoms with Gasteiger partial charge in [0.25, 0.3) is 0 Å². The van der Waals surface area contributed by atoms with Crippen LogP contribution < -0.4 is 20.4 Å². The number of nitrogens with zero attached hydrogens (tertiary/aromatic N) is 6. The van der Waals surface area contributed by atoms with Crippen LogP contribution in [0.2, 0.25) is 5.02 Å². The molecule has 9 nitrogen and oxygen atoms in total. The molecule has 5 rings (SSSR count). The van der Waals surface area contributed by atoms with E-state index in [9.17, 15) is 4.79 Å². The van der Waals surface area contributed by atoms with E-state index in [0.29, 0.717) is 35.9 Å². The third-order valence-electron chi connectivity index (χ3n) is 7.05. The van der Waals surface area contributed by atoms with Crippen molar-refractivity contribution >= 4 is 34.9 Å². The standard InChI is InChI=1S/C24H31ClN8O/c1-15-16(2)32(10-8-26-15)23-28-11-18(25)21(29-23)31-13-17(14-31)22(34)30-24(3,4)19-12-27-20-7-5-6-9-33(19)20/h5-7,9,11-12,15-17,26H,8,10,13-14H2,1-4H3,(H,30,34)/t15-,16+/m1/s1. The predicted molar refractivity (Wildman–Crippen MR) is 133 cm³/mol. The lowest BCUT2D eigenvalue weighted by molar-refractivity contribution is -0.127. The zero-order valence-electron chi connectivity index (χ0n) is 20.0. The molecule has 0 saturated carbocycles. The first kappa shape index (κ1) is 22.9. The fraction of sp³-hybridized carbons (Fsp3) is 0.500. The van der Waals surface area contributed by atoms with Crippen LogP contribution in [-0.4, -0.2) is 63.5 Å². The second-order valence-electron chi connectivity index (χ2n) is 9.81. The summed E-state index contributed by atoms with van der Waals surface area (Å²) >= 11 is 6.46. The molecule has 3 aromatic rings. The number of piperazine rings is 1. The Morgan fingerprint density at radius 3 is 2.79 bits per heavy atom. The van der Waals surface area contributed by atoms with Crippen molar-refractivity contribution in [1.82, 2.24) is 30.0 Å². The number of carbonyl (C=O) groups is 1. The van der Waals surface area contributed by atoms with Gasteiger partial charge in [0.1, 0.15) is 10.7 Å².